The van der Waals surface area contributed by atoms with E-state index < -0.39 is 11.6 Å². The van der Waals surface area contributed by atoms with E-state index in [9.17, 15) is 19.8 Å². The molecular formula is C26H29ClN4O4. The number of aliphatic hydroxyl groups excluding tert-OH is 1. The van der Waals surface area contributed by atoms with Crippen molar-refractivity contribution in [2.24, 2.45) is 0 Å². The Labute approximate surface area is 208 Å². The number of fused-ring (bicyclic) bond motifs is 4. The minimum Gasteiger partial charge on any atom is -0.508 e. The number of aromatic amines is 1. The maximum Gasteiger partial charge on any atom is 0.328 e. The number of phenolic OH excluding ortho intramolecular Hbond substituents is 1. The number of amides is 3. The van der Waals surface area contributed by atoms with Gasteiger partial charge in [0.2, 0.25) is 0 Å². The third kappa shape index (κ3) is 3.76. The second-order valence-electron chi connectivity index (χ2n) is 9.42. The van der Waals surface area contributed by atoms with Gasteiger partial charge in [-0.05, 0) is 54.9 Å². The third-order valence-electron chi connectivity index (χ3n) is 7.32. The number of aromatic hydroxyl groups is 1. The summed E-state index contributed by atoms with van der Waals surface area (Å²) in [5.41, 5.74) is 2.28. The minimum atomic E-state index is -1.09. The number of hydrogen-bond acceptors (Lipinski definition) is 5. The van der Waals surface area contributed by atoms with Crippen LogP contribution >= 0.6 is 11.6 Å². The topological polar surface area (TPSA) is 100 Å². The molecule has 1 fully saturated rings. The molecule has 35 heavy (non-hydrogen) atoms. The first-order valence-corrected chi connectivity index (χ1v) is 12.2. The van der Waals surface area contributed by atoms with E-state index in [2.05, 4.69) is 4.98 Å². The van der Waals surface area contributed by atoms with Crippen LogP contribution in [0.3, 0.4) is 0 Å². The molecule has 0 aliphatic carbocycles. The van der Waals surface area contributed by atoms with E-state index >= 15 is 0 Å². The summed E-state index contributed by atoms with van der Waals surface area (Å²) in [5.74, 6) is -0.150. The number of nitrogens with one attached hydrogen (secondary N) is 1. The molecule has 3 N–H and O–H groups in total. The molecule has 3 amide bonds. The molecule has 8 nitrogen and oxygen atoms in total. The summed E-state index contributed by atoms with van der Waals surface area (Å²) in [6, 6.07) is 11.5. The minimum absolute atomic E-state index is 0.0173. The Morgan fingerprint density at radius 1 is 1.20 bits per heavy atom. The predicted octanol–water partition coefficient (Wildman–Crippen LogP) is 3.51. The molecule has 2 aromatic carbocycles. The highest BCUT2D eigenvalue weighted by Gasteiger charge is 2.60. The fourth-order valence-corrected chi connectivity index (χ4v) is 5.71. The van der Waals surface area contributed by atoms with E-state index in [0.717, 1.165) is 22.2 Å². The van der Waals surface area contributed by atoms with Crippen LogP contribution in [-0.4, -0.2) is 80.2 Å². The molecule has 184 valence electrons. The molecule has 1 aromatic heterocycles. The van der Waals surface area contributed by atoms with Crippen LogP contribution in [0.1, 0.15) is 36.7 Å². The van der Waals surface area contributed by atoms with Crippen molar-refractivity contribution >= 4 is 34.4 Å². The van der Waals surface area contributed by atoms with Crippen LogP contribution in [-0.2, 0) is 11.2 Å². The molecule has 5 rings (SSSR count). The Morgan fingerprint density at radius 2 is 2.00 bits per heavy atom. The van der Waals surface area contributed by atoms with Crippen molar-refractivity contribution < 1.29 is 19.8 Å². The summed E-state index contributed by atoms with van der Waals surface area (Å²) >= 11 is 6.31. The smallest absolute Gasteiger partial charge is 0.328 e. The maximum absolute atomic E-state index is 13.8. The average Bonchev–Trinajstić information content (AvgIpc) is 3.27. The number of rotatable bonds is 7. The number of nitrogens with zero attached hydrogens (tertiary/aromatic N) is 3. The Bertz CT molecular complexity index is 1310. The number of halogens is 1. The van der Waals surface area contributed by atoms with Crippen molar-refractivity contribution in [1.82, 2.24) is 19.7 Å². The number of aliphatic hydroxyl groups is 1. The normalized spacial score (nSPS) is 21.8. The molecule has 2 aliphatic heterocycles. The maximum atomic E-state index is 13.8. The van der Waals surface area contributed by atoms with Crippen LogP contribution < -0.4 is 0 Å². The number of aromatic nitrogens is 1. The summed E-state index contributed by atoms with van der Waals surface area (Å²) in [7, 11) is 0. The lowest BCUT2D eigenvalue weighted by Crippen LogP contribution is -2.53. The highest BCUT2D eigenvalue weighted by atomic mass is 35.5. The first-order chi connectivity index (χ1) is 16.8. The zero-order valence-electron chi connectivity index (χ0n) is 19.8. The molecule has 3 aromatic rings. The Morgan fingerprint density at radius 3 is 2.71 bits per heavy atom. The summed E-state index contributed by atoms with van der Waals surface area (Å²) in [6.07, 6.45) is 0.354. The molecule has 2 atom stereocenters. The van der Waals surface area contributed by atoms with Crippen molar-refractivity contribution in [3.8, 4) is 5.75 Å². The Hall–Kier alpha value is -3.07. The standard InChI is InChI=1S/C26H29ClN4O4/c1-3-29(11-12-32)9-10-30-24(34)26(2)15-20-19-14-17(27)7-8-21(19)28-22(20)23(31(26)25(30)35)16-5-4-6-18(33)13-16/h4-8,13-14,23,28,32-33H,3,9-12,15H2,1-2H3. The number of urea groups is 1. The van der Waals surface area contributed by atoms with Crippen molar-refractivity contribution in [2.75, 3.05) is 32.8 Å². The van der Waals surface area contributed by atoms with Gasteiger partial charge in [-0.2, -0.15) is 0 Å². The molecule has 2 unspecified atom stereocenters. The molecule has 0 bridgehead atoms. The van der Waals surface area contributed by atoms with E-state index in [1.54, 1.807) is 23.1 Å². The van der Waals surface area contributed by atoms with Crippen molar-refractivity contribution in [2.45, 2.75) is 31.8 Å². The monoisotopic (exact) mass is 496 g/mol. The largest absolute Gasteiger partial charge is 0.508 e. The van der Waals surface area contributed by atoms with Crippen LogP contribution in [0.5, 0.6) is 5.75 Å². The zero-order valence-corrected chi connectivity index (χ0v) is 20.5. The zero-order chi connectivity index (χ0) is 24.9. The SMILES string of the molecule is CCN(CCO)CCN1C(=O)N2C(c3cccc(O)c3)c3[nH]c4ccc(Cl)cc4c3CC2(C)C1=O. The van der Waals surface area contributed by atoms with Crippen molar-refractivity contribution in [1.29, 1.82) is 0 Å². The van der Waals surface area contributed by atoms with E-state index in [0.29, 0.717) is 36.6 Å². The van der Waals surface area contributed by atoms with Crippen LogP contribution in [0.2, 0.25) is 5.02 Å². The van der Waals surface area contributed by atoms with Gasteiger partial charge in [-0.25, -0.2) is 4.79 Å². The van der Waals surface area contributed by atoms with Gasteiger partial charge in [-0.1, -0.05) is 30.7 Å². The molecule has 0 saturated carbocycles. The molecule has 1 saturated heterocycles. The van der Waals surface area contributed by atoms with Crippen molar-refractivity contribution in [3.63, 3.8) is 0 Å². The van der Waals surface area contributed by atoms with Gasteiger partial charge in [0.1, 0.15) is 17.3 Å². The van der Waals surface area contributed by atoms with Crippen LogP contribution in [0, 0.1) is 0 Å². The van der Waals surface area contributed by atoms with E-state index in [1.807, 2.05) is 43.0 Å². The van der Waals surface area contributed by atoms with Gasteiger partial charge < -0.3 is 15.2 Å². The van der Waals surface area contributed by atoms with Gasteiger partial charge in [-0.3, -0.25) is 19.5 Å². The quantitative estimate of drug-likeness (QED) is 0.435. The molecule has 0 spiro atoms. The van der Waals surface area contributed by atoms with E-state index in [4.69, 9.17) is 11.6 Å². The predicted molar refractivity (Wildman–Crippen MR) is 134 cm³/mol. The number of H-pyrrole nitrogens is 1. The molecule has 2 aliphatic rings. The van der Waals surface area contributed by atoms with Crippen LogP contribution in [0.4, 0.5) is 4.79 Å². The van der Waals surface area contributed by atoms with E-state index in [-0.39, 0.29) is 30.8 Å². The second kappa shape index (κ2) is 8.86. The molecular weight excluding hydrogens is 468 g/mol. The number of carbonyl (C=O) groups excluding carboxylic acids is 2. The summed E-state index contributed by atoms with van der Waals surface area (Å²) < 4.78 is 0. The number of hydrogen-bond donors (Lipinski definition) is 3. The fraction of sp³-hybridized carbons (Fsp3) is 0.385. The number of carbonyl (C=O) groups is 2. The van der Waals surface area contributed by atoms with Gasteiger partial charge in [0.25, 0.3) is 5.91 Å². The first-order valence-electron chi connectivity index (χ1n) is 11.9. The number of phenols is 1. The molecule has 0 radical (unpaired) electrons. The van der Waals surface area contributed by atoms with Gasteiger partial charge in [0.05, 0.1) is 6.61 Å². The number of imide groups is 1. The van der Waals surface area contributed by atoms with E-state index in [1.165, 1.54) is 4.90 Å². The van der Waals surface area contributed by atoms with Crippen LogP contribution in [0.15, 0.2) is 42.5 Å². The molecule has 3 heterocycles. The Kier molecular flexibility index (Phi) is 5.99. The average molecular weight is 497 g/mol. The van der Waals surface area contributed by atoms with Gasteiger partial charge in [0.15, 0.2) is 0 Å². The summed E-state index contributed by atoms with van der Waals surface area (Å²) in [4.78, 5) is 36.1. The lowest BCUT2D eigenvalue weighted by atomic mass is 9.81. The van der Waals surface area contributed by atoms with Crippen LogP contribution in [0.25, 0.3) is 10.9 Å². The summed E-state index contributed by atoms with van der Waals surface area (Å²) in [5, 5.41) is 21.1. The number of benzene rings is 2. The summed E-state index contributed by atoms with van der Waals surface area (Å²) in [6.45, 7) is 5.74. The fourth-order valence-electron chi connectivity index (χ4n) is 5.53. The first kappa shape index (κ1) is 23.7. The van der Waals surface area contributed by atoms with Crippen molar-refractivity contribution in [3.05, 3.63) is 64.3 Å². The Balaban J connectivity index is 1.62. The molecule has 9 heteroatoms. The van der Waals surface area contributed by atoms with Gasteiger partial charge >= 0.3 is 6.03 Å². The number of likely N-dealkylation sites (N-methyl/N-ethyl adjacent to an activating group) is 1. The lowest BCUT2D eigenvalue weighted by Gasteiger charge is -2.42. The second-order valence-corrected chi connectivity index (χ2v) is 9.86. The van der Waals surface area contributed by atoms with Gasteiger partial charge in [-0.15, -0.1) is 0 Å². The highest BCUT2D eigenvalue weighted by Crippen LogP contribution is 2.49. The lowest BCUT2D eigenvalue weighted by molar-refractivity contribution is -0.133. The van der Waals surface area contributed by atoms with Gasteiger partial charge in [0, 0.05) is 47.7 Å². The third-order valence-corrected chi connectivity index (χ3v) is 7.55. The highest BCUT2D eigenvalue weighted by molar-refractivity contribution is 6.31.